The summed E-state index contributed by atoms with van der Waals surface area (Å²) >= 11 is 0. The van der Waals surface area contributed by atoms with Crippen LogP contribution in [0.3, 0.4) is 0 Å². The van der Waals surface area contributed by atoms with Crippen LogP contribution in [-0.4, -0.2) is 67.0 Å². The molecule has 2 aliphatic rings. The number of likely N-dealkylation sites (N-methyl/N-ethyl adjacent to an activating group) is 1. The van der Waals surface area contributed by atoms with Crippen LogP contribution in [0.4, 0.5) is 0 Å². The molecule has 0 unspecified atom stereocenters. The summed E-state index contributed by atoms with van der Waals surface area (Å²) in [4.78, 5) is 40.7. The molecule has 7 nitrogen and oxygen atoms in total. The van der Waals surface area contributed by atoms with E-state index < -0.39 is 12.1 Å². The Morgan fingerprint density at radius 1 is 1.18 bits per heavy atom. The number of hydrogen-bond donors (Lipinski definition) is 0. The van der Waals surface area contributed by atoms with Crippen LogP contribution in [0.5, 0.6) is 0 Å². The monoisotopic (exact) mass is 388 g/mol. The van der Waals surface area contributed by atoms with Gasteiger partial charge in [-0.2, -0.15) is 0 Å². The molecule has 2 aliphatic heterocycles. The molecule has 1 aromatic carbocycles. The molecule has 28 heavy (non-hydrogen) atoms. The zero-order chi connectivity index (χ0) is 20.3. The highest BCUT2D eigenvalue weighted by Crippen LogP contribution is 2.31. The first-order valence-electron chi connectivity index (χ1n) is 9.81. The van der Waals surface area contributed by atoms with Gasteiger partial charge in [0.05, 0.1) is 18.6 Å². The van der Waals surface area contributed by atoms with Crippen molar-refractivity contribution in [1.82, 2.24) is 9.80 Å². The summed E-state index contributed by atoms with van der Waals surface area (Å²) in [5, 5.41) is 0. The molecule has 0 aromatic heterocycles. The normalized spacial score (nSPS) is 23.6. The first-order chi connectivity index (χ1) is 13.4. The molecule has 0 spiro atoms. The molecule has 0 aliphatic carbocycles. The molecule has 2 heterocycles. The maximum Gasteiger partial charge on any atom is 0.309 e. The van der Waals surface area contributed by atoms with E-state index in [0.29, 0.717) is 32.5 Å². The lowest BCUT2D eigenvalue weighted by Gasteiger charge is -2.41. The molecule has 0 radical (unpaired) electrons. The Kier molecular flexibility index (Phi) is 6.34. The van der Waals surface area contributed by atoms with E-state index in [-0.39, 0.29) is 30.3 Å². The topological polar surface area (TPSA) is 76.1 Å². The van der Waals surface area contributed by atoms with Gasteiger partial charge in [-0.3, -0.25) is 14.4 Å². The molecule has 2 amide bonds. The van der Waals surface area contributed by atoms with Crippen LogP contribution in [0.15, 0.2) is 24.3 Å². The summed E-state index contributed by atoms with van der Waals surface area (Å²) in [6.07, 6.45) is 0.423. The number of amides is 2. The Labute approximate surface area is 165 Å². The Morgan fingerprint density at radius 3 is 2.43 bits per heavy atom. The van der Waals surface area contributed by atoms with Crippen molar-refractivity contribution in [2.45, 2.75) is 38.8 Å². The zero-order valence-corrected chi connectivity index (χ0v) is 16.7. The maximum absolute atomic E-state index is 13.2. The van der Waals surface area contributed by atoms with Crippen molar-refractivity contribution in [3.05, 3.63) is 35.4 Å². The fourth-order valence-electron chi connectivity index (χ4n) is 3.86. The van der Waals surface area contributed by atoms with Gasteiger partial charge in [-0.05, 0) is 32.3 Å². The molecule has 0 saturated carbocycles. The van der Waals surface area contributed by atoms with E-state index >= 15 is 0 Å². The minimum atomic E-state index is -0.746. The van der Waals surface area contributed by atoms with Gasteiger partial charge in [-0.1, -0.05) is 29.8 Å². The summed E-state index contributed by atoms with van der Waals surface area (Å²) in [6, 6.07) is 7.35. The molecule has 152 valence electrons. The summed E-state index contributed by atoms with van der Waals surface area (Å²) in [6.45, 7) is 5.02. The highest BCUT2D eigenvalue weighted by Gasteiger charge is 2.42. The number of benzene rings is 1. The van der Waals surface area contributed by atoms with Gasteiger partial charge in [0.15, 0.2) is 6.10 Å². The van der Waals surface area contributed by atoms with Gasteiger partial charge in [0.25, 0.3) is 5.91 Å². The summed E-state index contributed by atoms with van der Waals surface area (Å²) in [5.74, 6) is -0.623. The van der Waals surface area contributed by atoms with Crippen LogP contribution in [0.1, 0.15) is 36.9 Å². The highest BCUT2D eigenvalue weighted by molar-refractivity contribution is 5.86. The first kappa shape index (κ1) is 20.3. The van der Waals surface area contributed by atoms with Crippen LogP contribution < -0.4 is 0 Å². The van der Waals surface area contributed by atoms with Crippen LogP contribution in [-0.2, 0) is 23.9 Å². The van der Waals surface area contributed by atoms with E-state index in [1.54, 1.807) is 23.8 Å². The number of morpholine rings is 1. The van der Waals surface area contributed by atoms with Crippen molar-refractivity contribution in [3.8, 4) is 0 Å². The van der Waals surface area contributed by atoms with E-state index in [1.807, 2.05) is 31.2 Å². The van der Waals surface area contributed by atoms with E-state index in [1.165, 1.54) is 0 Å². The maximum atomic E-state index is 13.2. The molecule has 0 N–H and O–H groups in total. The number of hydrogen-bond acceptors (Lipinski definition) is 5. The first-order valence-corrected chi connectivity index (χ1v) is 9.81. The Bertz CT molecular complexity index is 725. The van der Waals surface area contributed by atoms with Crippen molar-refractivity contribution < 1.29 is 23.9 Å². The van der Waals surface area contributed by atoms with E-state index in [9.17, 15) is 14.4 Å². The lowest BCUT2D eigenvalue weighted by Crippen LogP contribution is -2.55. The smallest absolute Gasteiger partial charge is 0.309 e. The molecule has 2 saturated heterocycles. The fourth-order valence-corrected chi connectivity index (χ4v) is 3.86. The van der Waals surface area contributed by atoms with Gasteiger partial charge in [0, 0.05) is 20.1 Å². The minimum Gasteiger partial charge on any atom is -0.466 e. The van der Waals surface area contributed by atoms with Gasteiger partial charge in [-0.25, -0.2) is 0 Å². The van der Waals surface area contributed by atoms with Gasteiger partial charge >= 0.3 is 5.97 Å². The number of rotatable bonds is 4. The van der Waals surface area contributed by atoms with Crippen molar-refractivity contribution in [2.75, 3.05) is 33.4 Å². The number of ether oxygens (including phenoxy) is 2. The lowest BCUT2D eigenvalue weighted by atomic mass is 9.93. The third-order valence-corrected chi connectivity index (χ3v) is 5.57. The van der Waals surface area contributed by atoms with Crippen molar-refractivity contribution >= 4 is 17.8 Å². The SMILES string of the molecule is CCOC(=O)C1CCN(C(=O)[C@H]2OCC(=O)N(C)[C@@H]2c2ccc(C)cc2)CC1. The molecule has 2 fully saturated rings. The van der Waals surface area contributed by atoms with Crippen LogP contribution >= 0.6 is 0 Å². The molecular weight excluding hydrogens is 360 g/mol. The number of piperidine rings is 1. The predicted octanol–water partition coefficient (Wildman–Crippen LogP) is 1.70. The summed E-state index contributed by atoms with van der Waals surface area (Å²) in [5.41, 5.74) is 1.99. The third kappa shape index (κ3) is 4.19. The third-order valence-electron chi connectivity index (χ3n) is 5.57. The molecule has 2 atom stereocenters. The molecule has 0 bridgehead atoms. The van der Waals surface area contributed by atoms with E-state index in [0.717, 1.165) is 11.1 Å². The van der Waals surface area contributed by atoms with Crippen LogP contribution in [0.25, 0.3) is 0 Å². The second-order valence-electron chi connectivity index (χ2n) is 7.44. The number of aryl methyl sites for hydroxylation is 1. The van der Waals surface area contributed by atoms with E-state index in [2.05, 4.69) is 0 Å². The quantitative estimate of drug-likeness (QED) is 0.734. The fraction of sp³-hybridized carbons (Fsp3) is 0.571. The summed E-state index contributed by atoms with van der Waals surface area (Å²) in [7, 11) is 1.71. The molecular formula is C21H28N2O5. The average Bonchev–Trinajstić information content (AvgIpc) is 2.70. The Balaban J connectivity index is 1.73. The lowest BCUT2D eigenvalue weighted by molar-refractivity contribution is -0.169. The van der Waals surface area contributed by atoms with Gasteiger partial charge < -0.3 is 19.3 Å². The largest absolute Gasteiger partial charge is 0.466 e. The molecule has 3 rings (SSSR count). The van der Waals surface area contributed by atoms with Gasteiger partial charge in [0.2, 0.25) is 5.91 Å². The second-order valence-corrected chi connectivity index (χ2v) is 7.44. The minimum absolute atomic E-state index is 0.103. The summed E-state index contributed by atoms with van der Waals surface area (Å²) < 4.78 is 10.8. The van der Waals surface area contributed by atoms with Crippen molar-refractivity contribution in [2.24, 2.45) is 5.92 Å². The average molecular weight is 388 g/mol. The number of likely N-dealkylation sites (tertiary alicyclic amines) is 1. The molecule has 1 aromatic rings. The zero-order valence-electron chi connectivity index (χ0n) is 16.7. The number of esters is 1. The molecule has 7 heteroatoms. The van der Waals surface area contributed by atoms with Gasteiger partial charge in [0.1, 0.15) is 6.61 Å². The Morgan fingerprint density at radius 2 is 1.82 bits per heavy atom. The van der Waals surface area contributed by atoms with Crippen LogP contribution in [0.2, 0.25) is 0 Å². The van der Waals surface area contributed by atoms with Crippen LogP contribution in [0, 0.1) is 12.8 Å². The van der Waals surface area contributed by atoms with E-state index in [4.69, 9.17) is 9.47 Å². The highest BCUT2D eigenvalue weighted by atomic mass is 16.5. The number of nitrogens with zero attached hydrogens (tertiary/aromatic N) is 2. The van der Waals surface area contributed by atoms with Gasteiger partial charge in [-0.15, -0.1) is 0 Å². The standard InChI is InChI=1S/C21H28N2O5/c1-4-27-21(26)16-9-11-23(12-10-16)20(25)19-18(22(3)17(24)13-28-19)15-7-5-14(2)6-8-15/h5-8,16,18-19H,4,9-13H2,1-3H3/t18-,19+/m1/s1. The number of carbonyl (C=O) groups excluding carboxylic acids is 3. The Hall–Kier alpha value is -2.41. The van der Waals surface area contributed by atoms with Crippen molar-refractivity contribution in [3.63, 3.8) is 0 Å². The predicted molar refractivity (Wildman–Crippen MR) is 102 cm³/mol. The van der Waals surface area contributed by atoms with Crippen molar-refractivity contribution in [1.29, 1.82) is 0 Å². The number of carbonyl (C=O) groups is 3. The second kappa shape index (κ2) is 8.73.